The van der Waals surface area contributed by atoms with Gasteiger partial charge in [0, 0.05) is 12.7 Å². The number of sulfonamides is 1. The van der Waals surface area contributed by atoms with E-state index in [2.05, 4.69) is 4.98 Å². The lowest BCUT2D eigenvalue weighted by molar-refractivity contribution is 0.592. The van der Waals surface area contributed by atoms with Gasteiger partial charge in [0.05, 0.1) is 11.4 Å². The lowest BCUT2D eigenvalue weighted by Crippen LogP contribution is -2.29. The Morgan fingerprint density at radius 1 is 1.24 bits per heavy atom. The maximum absolute atomic E-state index is 12.7. The predicted octanol–water partition coefficient (Wildman–Crippen LogP) is 1.47. The summed E-state index contributed by atoms with van der Waals surface area (Å²) >= 11 is 4.81. The van der Waals surface area contributed by atoms with Crippen molar-refractivity contribution >= 4 is 32.9 Å². The van der Waals surface area contributed by atoms with Crippen molar-refractivity contribution in [3.63, 3.8) is 0 Å². The fourth-order valence-corrected chi connectivity index (χ4v) is 3.93. The maximum Gasteiger partial charge on any atom is 0.265 e. The van der Waals surface area contributed by atoms with E-state index in [1.165, 1.54) is 22.6 Å². The van der Waals surface area contributed by atoms with E-state index in [-0.39, 0.29) is 9.88 Å². The number of thiocarbonyl (C=S) groups is 1. The van der Waals surface area contributed by atoms with E-state index in [4.69, 9.17) is 18.0 Å². The zero-order valence-corrected chi connectivity index (χ0v) is 12.7. The van der Waals surface area contributed by atoms with Crippen LogP contribution in [0.25, 0.3) is 0 Å². The Kier molecular flexibility index (Phi) is 3.38. The molecule has 0 radical (unpaired) electrons. The fraction of sp³-hybridized carbons (Fsp3) is 0.143. The lowest BCUT2D eigenvalue weighted by atomic mass is 10.2. The number of anilines is 1. The van der Waals surface area contributed by atoms with E-state index in [0.29, 0.717) is 18.7 Å². The molecule has 0 spiro atoms. The largest absolute Gasteiger partial charge is 0.388 e. The second-order valence-electron chi connectivity index (χ2n) is 4.70. The third kappa shape index (κ3) is 2.38. The van der Waals surface area contributed by atoms with Crippen molar-refractivity contribution in [2.24, 2.45) is 5.73 Å². The van der Waals surface area contributed by atoms with Crippen LogP contribution in [0.1, 0.15) is 11.3 Å². The minimum absolute atomic E-state index is 0.138. The van der Waals surface area contributed by atoms with Crippen molar-refractivity contribution in [3.8, 4) is 0 Å². The summed E-state index contributed by atoms with van der Waals surface area (Å²) in [4.78, 5) is 4.28. The van der Waals surface area contributed by atoms with Crippen LogP contribution in [0, 0.1) is 0 Å². The second kappa shape index (κ2) is 5.09. The van der Waals surface area contributed by atoms with Gasteiger partial charge in [-0.25, -0.2) is 8.42 Å². The monoisotopic (exact) mass is 319 g/mol. The quantitative estimate of drug-likeness (QED) is 0.867. The van der Waals surface area contributed by atoms with Crippen LogP contribution < -0.4 is 10.0 Å². The maximum atomic E-state index is 12.7. The van der Waals surface area contributed by atoms with E-state index in [9.17, 15) is 8.42 Å². The Morgan fingerprint density at radius 2 is 2.00 bits per heavy atom. The smallest absolute Gasteiger partial charge is 0.265 e. The number of para-hydroxylation sites is 1. The zero-order valence-electron chi connectivity index (χ0n) is 11.1. The van der Waals surface area contributed by atoms with Gasteiger partial charge in [0.15, 0.2) is 0 Å². The molecule has 108 valence electrons. The van der Waals surface area contributed by atoms with Gasteiger partial charge in [-0.2, -0.15) is 0 Å². The van der Waals surface area contributed by atoms with Crippen molar-refractivity contribution in [3.05, 3.63) is 53.9 Å². The number of fused-ring (bicyclic) bond motifs is 1. The molecule has 0 saturated heterocycles. The summed E-state index contributed by atoms with van der Waals surface area (Å²) in [5.41, 5.74) is 7.64. The second-order valence-corrected chi connectivity index (χ2v) is 7.00. The van der Waals surface area contributed by atoms with Gasteiger partial charge in [-0.3, -0.25) is 9.29 Å². The van der Waals surface area contributed by atoms with Gasteiger partial charge in [0.1, 0.15) is 9.88 Å². The van der Waals surface area contributed by atoms with E-state index in [1.54, 1.807) is 0 Å². The van der Waals surface area contributed by atoms with Crippen molar-refractivity contribution in [2.75, 3.05) is 10.8 Å². The highest BCUT2D eigenvalue weighted by atomic mass is 32.2. The summed E-state index contributed by atoms with van der Waals surface area (Å²) in [7, 11) is -3.61. The van der Waals surface area contributed by atoms with Crippen LogP contribution in [0.4, 0.5) is 5.69 Å². The standard InChI is InChI=1S/C14H13N3O2S2/c15-14(20)12-6-5-11(9-16-12)21(18,19)17-8-7-10-3-1-2-4-13(10)17/h1-6,9H,7-8H2,(H2,15,20). The zero-order chi connectivity index (χ0) is 15.0. The molecule has 1 aromatic carbocycles. The molecule has 2 heterocycles. The van der Waals surface area contributed by atoms with Crippen LogP contribution in [0.15, 0.2) is 47.5 Å². The van der Waals surface area contributed by atoms with Gasteiger partial charge in [0.25, 0.3) is 10.0 Å². The molecule has 21 heavy (non-hydrogen) atoms. The number of rotatable bonds is 3. The molecule has 5 nitrogen and oxygen atoms in total. The van der Waals surface area contributed by atoms with Gasteiger partial charge in [0.2, 0.25) is 0 Å². The lowest BCUT2D eigenvalue weighted by Gasteiger charge is -2.19. The number of nitrogens with two attached hydrogens (primary N) is 1. The summed E-state index contributed by atoms with van der Waals surface area (Å²) < 4.78 is 26.8. The third-order valence-electron chi connectivity index (χ3n) is 3.42. The molecule has 0 bridgehead atoms. The molecular weight excluding hydrogens is 306 g/mol. The Balaban J connectivity index is 2.00. The normalized spacial score (nSPS) is 14.0. The predicted molar refractivity (Wildman–Crippen MR) is 84.8 cm³/mol. The van der Waals surface area contributed by atoms with Crippen LogP contribution in [0.5, 0.6) is 0 Å². The summed E-state index contributed by atoms with van der Waals surface area (Å²) in [5.74, 6) is 0. The van der Waals surface area contributed by atoms with Crippen molar-refractivity contribution in [1.82, 2.24) is 4.98 Å². The van der Waals surface area contributed by atoms with Crippen LogP contribution in [-0.4, -0.2) is 24.9 Å². The number of nitrogens with zero attached hydrogens (tertiary/aromatic N) is 2. The first kappa shape index (κ1) is 14.0. The molecule has 3 rings (SSSR count). The minimum Gasteiger partial charge on any atom is -0.388 e. The number of hydrogen-bond acceptors (Lipinski definition) is 4. The Labute approximate surface area is 128 Å². The molecule has 0 atom stereocenters. The van der Waals surface area contributed by atoms with E-state index < -0.39 is 10.0 Å². The molecule has 0 unspecified atom stereocenters. The fourth-order valence-electron chi connectivity index (χ4n) is 2.36. The number of pyridine rings is 1. The molecule has 0 saturated carbocycles. The number of aromatic nitrogens is 1. The Bertz CT molecular complexity index is 801. The van der Waals surface area contributed by atoms with Gasteiger partial charge in [-0.15, -0.1) is 0 Å². The number of hydrogen-bond donors (Lipinski definition) is 1. The first-order valence-electron chi connectivity index (χ1n) is 6.36. The van der Waals surface area contributed by atoms with E-state index >= 15 is 0 Å². The van der Waals surface area contributed by atoms with Crippen molar-refractivity contribution in [1.29, 1.82) is 0 Å². The molecule has 2 aromatic rings. The van der Waals surface area contributed by atoms with Crippen molar-refractivity contribution < 1.29 is 8.42 Å². The van der Waals surface area contributed by atoms with Crippen LogP contribution in [0.3, 0.4) is 0 Å². The SMILES string of the molecule is NC(=S)c1ccc(S(=O)(=O)N2CCc3ccccc32)cn1. The summed E-state index contributed by atoms with van der Waals surface area (Å²) in [5, 5.41) is 0. The highest BCUT2D eigenvalue weighted by Crippen LogP contribution is 2.32. The molecule has 2 N–H and O–H groups in total. The van der Waals surface area contributed by atoms with Crippen LogP contribution in [-0.2, 0) is 16.4 Å². The van der Waals surface area contributed by atoms with Gasteiger partial charge >= 0.3 is 0 Å². The molecule has 1 aliphatic heterocycles. The summed E-state index contributed by atoms with van der Waals surface area (Å²) in [6.45, 7) is 0.443. The molecule has 0 amide bonds. The third-order valence-corrected chi connectivity index (χ3v) is 5.43. The Morgan fingerprint density at radius 3 is 2.67 bits per heavy atom. The molecule has 1 aromatic heterocycles. The summed E-state index contributed by atoms with van der Waals surface area (Å²) in [6.07, 6.45) is 2.01. The van der Waals surface area contributed by atoms with Gasteiger partial charge in [-0.05, 0) is 30.2 Å². The highest BCUT2D eigenvalue weighted by Gasteiger charge is 2.30. The summed E-state index contributed by atoms with van der Waals surface area (Å²) in [6, 6.07) is 10.5. The molecule has 7 heteroatoms. The first-order chi connectivity index (χ1) is 10.00. The number of benzene rings is 1. The van der Waals surface area contributed by atoms with E-state index in [0.717, 1.165) is 11.3 Å². The topological polar surface area (TPSA) is 76.3 Å². The van der Waals surface area contributed by atoms with Gasteiger partial charge < -0.3 is 5.73 Å². The highest BCUT2D eigenvalue weighted by molar-refractivity contribution is 7.92. The van der Waals surface area contributed by atoms with Crippen molar-refractivity contribution in [2.45, 2.75) is 11.3 Å². The van der Waals surface area contributed by atoms with Crippen LogP contribution in [0.2, 0.25) is 0 Å². The average molecular weight is 319 g/mol. The average Bonchev–Trinajstić information content (AvgIpc) is 2.92. The Hall–Kier alpha value is -1.99. The molecule has 1 aliphatic rings. The molecule has 0 fully saturated rings. The molecular formula is C14H13N3O2S2. The first-order valence-corrected chi connectivity index (χ1v) is 8.21. The van der Waals surface area contributed by atoms with Gasteiger partial charge in [-0.1, -0.05) is 30.4 Å². The molecule has 0 aliphatic carbocycles. The minimum atomic E-state index is -3.61. The van der Waals surface area contributed by atoms with Crippen LogP contribution >= 0.6 is 12.2 Å². The van der Waals surface area contributed by atoms with E-state index in [1.807, 2.05) is 24.3 Å².